The molecular formula is C18H23ClN2O2. The van der Waals surface area contributed by atoms with Crippen LogP contribution >= 0.6 is 12.4 Å². The van der Waals surface area contributed by atoms with Gasteiger partial charge in [-0.1, -0.05) is 42.5 Å². The molecule has 3 N–H and O–H groups in total. The number of halogens is 1. The van der Waals surface area contributed by atoms with E-state index in [1.807, 2.05) is 61.5 Å². The van der Waals surface area contributed by atoms with E-state index in [0.717, 1.165) is 16.9 Å². The van der Waals surface area contributed by atoms with E-state index in [9.17, 15) is 4.79 Å². The summed E-state index contributed by atoms with van der Waals surface area (Å²) in [5, 5.41) is 3.00. The van der Waals surface area contributed by atoms with Crippen molar-refractivity contribution in [2.75, 3.05) is 6.61 Å². The molecule has 0 aliphatic heterocycles. The average Bonchev–Trinajstić information content (AvgIpc) is 2.54. The lowest BCUT2D eigenvalue weighted by molar-refractivity contribution is -0.122. The summed E-state index contributed by atoms with van der Waals surface area (Å²) in [6.45, 7) is 4.25. The standard InChI is InChI=1S/C18H22N2O2.ClH/c1-3-22-16-11-9-15(10-12-16)17(20-18(21)13(2)19)14-7-5-4-6-8-14;/h4-13,17H,3,19H2,1-2H3,(H,20,21);1H/t13-,17?;/m1./s1. The molecule has 124 valence electrons. The van der Waals surface area contributed by atoms with E-state index in [1.54, 1.807) is 6.92 Å². The summed E-state index contributed by atoms with van der Waals surface area (Å²) in [5.74, 6) is 0.638. The minimum Gasteiger partial charge on any atom is -0.494 e. The van der Waals surface area contributed by atoms with E-state index < -0.39 is 6.04 Å². The van der Waals surface area contributed by atoms with Crippen molar-refractivity contribution in [1.82, 2.24) is 5.32 Å². The third-order valence-electron chi connectivity index (χ3n) is 3.36. The van der Waals surface area contributed by atoms with Crippen LogP contribution in [0.15, 0.2) is 54.6 Å². The third-order valence-corrected chi connectivity index (χ3v) is 3.36. The SMILES string of the molecule is CCOc1ccc(C(NC(=O)[C@@H](C)N)c2ccccc2)cc1.Cl. The molecule has 0 bridgehead atoms. The number of carbonyl (C=O) groups excluding carboxylic acids is 1. The van der Waals surface area contributed by atoms with Gasteiger partial charge in [0.15, 0.2) is 0 Å². The Labute approximate surface area is 143 Å². The van der Waals surface area contributed by atoms with E-state index in [-0.39, 0.29) is 24.4 Å². The van der Waals surface area contributed by atoms with Crippen molar-refractivity contribution >= 4 is 18.3 Å². The summed E-state index contributed by atoms with van der Waals surface area (Å²) in [6.07, 6.45) is 0. The largest absolute Gasteiger partial charge is 0.494 e. The van der Waals surface area contributed by atoms with Gasteiger partial charge in [-0.15, -0.1) is 12.4 Å². The smallest absolute Gasteiger partial charge is 0.237 e. The zero-order valence-electron chi connectivity index (χ0n) is 13.4. The van der Waals surface area contributed by atoms with Crippen molar-refractivity contribution in [3.05, 3.63) is 65.7 Å². The fourth-order valence-corrected chi connectivity index (χ4v) is 2.20. The quantitative estimate of drug-likeness (QED) is 0.853. The van der Waals surface area contributed by atoms with Gasteiger partial charge in [-0.05, 0) is 37.1 Å². The Kier molecular flexibility index (Phi) is 7.59. The molecule has 2 rings (SSSR count). The summed E-state index contributed by atoms with van der Waals surface area (Å²) in [4.78, 5) is 12.0. The predicted molar refractivity (Wildman–Crippen MR) is 94.9 cm³/mol. The molecule has 0 saturated carbocycles. The normalized spacial score (nSPS) is 12.7. The average molecular weight is 335 g/mol. The molecule has 1 amide bonds. The van der Waals surface area contributed by atoms with Crippen LogP contribution in [-0.2, 0) is 4.79 Å². The van der Waals surface area contributed by atoms with Gasteiger partial charge in [0.1, 0.15) is 5.75 Å². The van der Waals surface area contributed by atoms with Gasteiger partial charge in [0.2, 0.25) is 5.91 Å². The Morgan fingerprint density at radius 1 is 1.09 bits per heavy atom. The minimum absolute atomic E-state index is 0. The van der Waals surface area contributed by atoms with Crippen LogP contribution in [0, 0.1) is 0 Å². The fraction of sp³-hybridized carbons (Fsp3) is 0.278. The Balaban J connectivity index is 0.00000264. The monoisotopic (exact) mass is 334 g/mol. The first-order valence-corrected chi connectivity index (χ1v) is 7.45. The van der Waals surface area contributed by atoms with Crippen molar-refractivity contribution in [3.8, 4) is 5.75 Å². The molecule has 2 aromatic carbocycles. The summed E-state index contributed by atoms with van der Waals surface area (Å²) in [5.41, 5.74) is 7.68. The van der Waals surface area contributed by atoms with Gasteiger partial charge < -0.3 is 15.8 Å². The molecule has 1 unspecified atom stereocenters. The van der Waals surface area contributed by atoms with Gasteiger partial charge in [0, 0.05) is 0 Å². The van der Waals surface area contributed by atoms with Gasteiger partial charge >= 0.3 is 0 Å². The van der Waals surface area contributed by atoms with E-state index in [1.165, 1.54) is 0 Å². The number of rotatable bonds is 6. The zero-order valence-corrected chi connectivity index (χ0v) is 14.2. The molecular weight excluding hydrogens is 312 g/mol. The molecule has 4 nitrogen and oxygen atoms in total. The second-order valence-electron chi connectivity index (χ2n) is 5.14. The number of hydrogen-bond donors (Lipinski definition) is 2. The summed E-state index contributed by atoms with van der Waals surface area (Å²) < 4.78 is 5.46. The predicted octanol–water partition coefficient (Wildman–Crippen LogP) is 3.06. The number of carbonyl (C=O) groups is 1. The highest BCUT2D eigenvalue weighted by Gasteiger charge is 2.18. The molecule has 0 spiro atoms. The van der Waals surface area contributed by atoms with Crippen molar-refractivity contribution in [2.45, 2.75) is 25.9 Å². The first-order valence-electron chi connectivity index (χ1n) is 7.45. The summed E-state index contributed by atoms with van der Waals surface area (Å²) in [7, 11) is 0. The second-order valence-corrected chi connectivity index (χ2v) is 5.14. The van der Waals surface area contributed by atoms with Crippen molar-refractivity contribution in [3.63, 3.8) is 0 Å². The van der Waals surface area contributed by atoms with E-state index in [2.05, 4.69) is 5.32 Å². The minimum atomic E-state index is -0.547. The third kappa shape index (κ3) is 5.27. The van der Waals surface area contributed by atoms with Crippen molar-refractivity contribution in [1.29, 1.82) is 0 Å². The molecule has 2 aromatic rings. The molecule has 0 fully saturated rings. The number of amides is 1. The van der Waals surface area contributed by atoms with Crippen LogP contribution in [0.4, 0.5) is 0 Å². The van der Waals surface area contributed by atoms with Gasteiger partial charge in [0.25, 0.3) is 0 Å². The zero-order chi connectivity index (χ0) is 15.9. The van der Waals surface area contributed by atoms with E-state index in [0.29, 0.717) is 6.61 Å². The van der Waals surface area contributed by atoms with Crippen LogP contribution in [0.2, 0.25) is 0 Å². The number of benzene rings is 2. The fourth-order valence-electron chi connectivity index (χ4n) is 2.20. The van der Waals surface area contributed by atoms with E-state index >= 15 is 0 Å². The highest BCUT2D eigenvalue weighted by atomic mass is 35.5. The first-order chi connectivity index (χ1) is 10.6. The Morgan fingerprint density at radius 2 is 1.65 bits per heavy atom. The lowest BCUT2D eigenvalue weighted by Gasteiger charge is -2.21. The molecule has 0 aliphatic carbocycles. The van der Waals surface area contributed by atoms with Crippen LogP contribution < -0.4 is 15.8 Å². The van der Waals surface area contributed by atoms with Gasteiger partial charge in [0.05, 0.1) is 18.7 Å². The maximum atomic E-state index is 12.0. The number of hydrogen-bond acceptors (Lipinski definition) is 3. The molecule has 0 heterocycles. The maximum absolute atomic E-state index is 12.0. The Bertz CT molecular complexity index is 600. The highest BCUT2D eigenvalue weighted by Crippen LogP contribution is 2.24. The lowest BCUT2D eigenvalue weighted by atomic mass is 9.98. The van der Waals surface area contributed by atoms with Crippen LogP contribution in [0.3, 0.4) is 0 Å². The van der Waals surface area contributed by atoms with Crippen LogP contribution in [0.1, 0.15) is 31.0 Å². The number of nitrogens with one attached hydrogen (secondary N) is 1. The van der Waals surface area contributed by atoms with Crippen molar-refractivity contribution < 1.29 is 9.53 Å². The molecule has 5 heteroatoms. The molecule has 23 heavy (non-hydrogen) atoms. The van der Waals surface area contributed by atoms with Gasteiger partial charge in [-0.3, -0.25) is 4.79 Å². The molecule has 0 aromatic heterocycles. The Hall–Kier alpha value is -2.04. The van der Waals surface area contributed by atoms with Crippen LogP contribution in [0.25, 0.3) is 0 Å². The maximum Gasteiger partial charge on any atom is 0.237 e. The second kappa shape index (κ2) is 9.18. The van der Waals surface area contributed by atoms with Crippen LogP contribution in [-0.4, -0.2) is 18.6 Å². The highest BCUT2D eigenvalue weighted by molar-refractivity contribution is 5.85. The topological polar surface area (TPSA) is 64.3 Å². The summed E-state index contributed by atoms with van der Waals surface area (Å²) >= 11 is 0. The molecule has 0 aliphatic rings. The van der Waals surface area contributed by atoms with Gasteiger partial charge in [-0.25, -0.2) is 0 Å². The van der Waals surface area contributed by atoms with Crippen molar-refractivity contribution in [2.24, 2.45) is 5.73 Å². The lowest BCUT2D eigenvalue weighted by Crippen LogP contribution is -2.40. The summed E-state index contributed by atoms with van der Waals surface area (Å²) in [6, 6.07) is 16.8. The Morgan fingerprint density at radius 3 is 2.17 bits per heavy atom. The number of nitrogens with two attached hydrogens (primary N) is 1. The first kappa shape index (κ1) is 19.0. The molecule has 0 radical (unpaired) electrons. The van der Waals surface area contributed by atoms with E-state index in [4.69, 9.17) is 10.5 Å². The van der Waals surface area contributed by atoms with Gasteiger partial charge in [-0.2, -0.15) is 0 Å². The molecule has 0 saturated heterocycles. The molecule has 2 atom stereocenters. The number of ether oxygens (including phenoxy) is 1. The van der Waals surface area contributed by atoms with Crippen LogP contribution in [0.5, 0.6) is 5.75 Å².